The number of primary amides is 1. The summed E-state index contributed by atoms with van der Waals surface area (Å²) in [4.78, 5) is 45.0. The van der Waals surface area contributed by atoms with Crippen molar-refractivity contribution in [3.63, 3.8) is 0 Å². The molecule has 11 heteroatoms. The van der Waals surface area contributed by atoms with Crippen LogP contribution in [0.1, 0.15) is 63.0 Å². The van der Waals surface area contributed by atoms with E-state index in [1.807, 2.05) is 6.07 Å². The Bertz CT molecular complexity index is 1230. The first-order valence-electron chi connectivity index (χ1n) is 11.6. The highest BCUT2D eigenvalue weighted by Crippen LogP contribution is 2.31. The number of hydrogen-bond acceptors (Lipinski definition) is 8. The number of hydrogen-bond donors (Lipinski definition) is 3. The predicted molar refractivity (Wildman–Crippen MR) is 135 cm³/mol. The number of carbonyl (C=O) groups excluding carboxylic acids is 3. The molecule has 0 saturated heterocycles. The van der Waals surface area contributed by atoms with Crippen LogP contribution in [0.4, 0.5) is 5.69 Å². The van der Waals surface area contributed by atoms with Gasteiger partial charge in [0.1, 0.15) is 16.7 Å². The maximum Gasteiger partial charge on any atom is 0.270 e. The van der Waals surface area contributed by atoms with E-state index in [0.717, 1.165) is 42.8 Å². The molecular formula is C25H28N6O4S. The Morgan fingerprint density at radius 1 is 1.19 bits per heavy atom. The molecule has 0 radical (unpaired) electrons. The first-order chi connectivity index (χ1) is 17.4. The molecule has 10 nitrogen and oxygen atoms in total. The number of carbonyl (C=O) groups is 3. The van der Waals surface area contributed by atoms with Gasteiger partial charge in [0.25, 0.3) is 11.8 Å². The normalized spacial score (nSPS) is 14.2. The highest BCUT2D eigenvalue weighted by molar-refractivity contribution is 7.09. The van der Waals surface area contributed by atoms with E-state index in [-0.39, 0.29) is 34.8 Å². The molecule has 1 saturated carbocycles. The van der Waals surface area contributed by atoms with Crippen LogP contribution in [0.25, 0.3) is 0 Å². The smallest absolute Gasteiger partial charge is 0.270 e. The number of nitrogens with zero attached hydrogens (tertiary/aromatic N) is 3. The summed E-state index contributed by atoms with van der Waals surface area (Å²) in [5, 5.41) is 3.12. The maximum absolute atomic E-state index is 13.9. The monoisotopic (exact) mass is 508 g/mol. The molecule has 3 amide bonds. The minimum atomic E-state index is -0.984. The number of anilines is 1. The number of rotatable bonds is 9. The average Bonchev–Trinajstić information content (AvgIpc) is 3.53. The van der Waals surface area contributed by atoms with Gasteiger partial charge in [-0.25, -0.2) is 0 Å². The van der Waals surface area contributed by atoms with Crippen molar-refractivity contribution in [2.75, 3.05) is 12.8 Å². The number of nitrogens with two attached hydrogens (primary N) is 2. The number of pyridine rings is 1. The topological polar surface area (TPSA) is 154 Å². The van der Waals surface area contributed by atoms with Gasteiger partial charge in [0.05, 0.1) is 12.8 Å². The predicted octanol–water partition coefficient (Wildman–Crippen LogP) is 2.67. The van der Waals surface area contributed by atoms with Gasteiger partial charge in [-0.05, 0) is 53.7 Å². The standard InChI is InChI=1S/C25H28N6O4S/c1-35-18-10-8-16(9-11-18)21(24(33)29-17-6-2-3-7-17)31(14-15-5-4-12-28-13-15)25(34)22-19(26)20(23(27)32)30-36-22/h4-5,8-13,17,21H,2-3,6-7,14,26H2,1H3,(H2,27,32)(H,29,33)/t21-/m0/s1. The SMILES string of the molecule is COc1ccc([C@@H](C(=O)NC2CCCC2)N(Cc2cccnc2)C(=O)c2snc(C(N)=O)c2N)cc1. The number of ether oxygens (including phenoxy) is 1. The van der Waals surface area contributed by atoms with Crippen molar-refractivity contribution < 1.29 is 19.1 Å². The van der Waals surface area contributed by atoms with E-state index >= 15 is 0 Å². The molecule has 36 heavy (non-hydrogen) atoms. The van der Waals surface area contributed by atoms with Gasteiger partial charge in [-0.1, -0.05) is 31.0 Å². The van der Waals surface area contributed by atoms with Crippen LogP contribution in [-0.2, 0) is 11.3 Å². The van der Waals surface area contributed by atoms with Gasteiger partial charge in [-0.2, -0.15) is 4.37 Å². The highest BCUT2D eigenvalue weighted by atomic mass is 32.1. The Morgan fingerprint density at radius 2 is 1.92 bits per heavy atom. The molecule has 5 N–H and O–H groups in total. The first-order valence-corrected chi connectivity index (χ1v) is 12.4. The number of aromatic nitrogens is 2. The summed E-state index contributed by atoms with van der Waals surface area (Å²) in [7, 11) is 1.56. The Hall–Kier alpha value is -3.99. The van der Waals surface area contributed by atoms with Crippen molar-refractivity contribution in [2.24, 2.45) is 5.73 Å². The summed E-state index contributed by atoms with van der Waals surface area (Å²) >= 11 is 0.780. The van der Waals surface area contributed by atoms with Crippen LogP contribution in [0.5, 0.6) is 5.75 Å². The van der Waals surface area contributed by atoms with Gasteiger partial charge in [0, 0.05) is 25.0 Å². The van der Waals surface area contributed by atoms with Gasteiger partial charge in [0.15, 0.2) is 5.69 Å². The van der Waals surface area contributed by atoms with Crippen molar-refractivity contribution in [1.29, 1.82) is 0 Å². The van der Waals surface area contributed by atoms with Crippen LogP contribution in [0.15, 0.2) is 48.8 Å². The molecule has 0 spiro atoms. The molecule has 3 aromatic rings. The maximum atomic E-state index is 13.9. The number of nitrogens with one attached hydrogen (secondary N) is 1. The Balaban J connectivity index is 1.78. The Kier molecular flexibility index (Phi) is 7.79. The summed E-state index contributed by atoms with van der Waals surface area (Å²) in [6.07, 6.45) is 7.13. The lowest BCUT2D eigenvalue weighted by molar-refractivity contribution is -0.126. The fourth-order valence-corrected chi connectivity index (χ4v) is 5.10. The Morgan fingerprint density at radius 3 is 2.50 bits per heavy atom. The zero-order valence-corrected chi connectivity index (χ0v) is 20.7. The van der Waals surface area contributed by atoms with Crippen molar-refractivity contribution in [3.8, 4) is 5.75 Å². The summed E-state index contributed by atoms with van der Waals surface area (Å²) in [5.41, 5.74) is 12.5. The molecular weight excluding hydrogens is 480 g/mol. The molecule has 0 aliphatic heterocycles. The van der Waals surface area contributed by atoms with Gasteiger partial charge in [-0.15, -0.1) is 0 Å². The van der Waals surface area contributed by atoms with Crippen LogP contribution in [0.3, 0.4) is 0 Å². The van der Waals surface area contributed by atoms with Gasteiger partial charge < -0.3 is 26.4 Å². The molecule has 2 heterocycles. The Labute approximate surface area is 212 Å². The second kappa shape index (κ2) is 11.2. The second-order valence-corrected chi connectivity index (χ2v) is 9.37. The minimum Gasteiger partial charge on any atom is -0.497 e. The lowest BCUT2D eigenvalue weighted by atomic mass is 10.0. The molecule has 4 rings (SSSR count). The van der Waals surface area contributed by atoms with E-state index in [0.29, 0.717) is 11.3 Å². The van der Waals surface area contributed by atoms with Gasteiger partial charge in [0.2, 0.25) is 5.91 Å². The van der Waals surface area contributed by atoms with Crippen molar-refractivity contribution in [1.82, 2.24) is 19.6 Å². The molecule has 0 bridgehead atoms. The fraction of sp³-hybridized carbons (Fsp3) is 0.320. The average molecular weight is 509 g/mol. The minimum absolute atomic E-state index is 0.0415. The third kappa shape index (κ3) is 5.46. The van der Waals surface area contributed by atoms with Crippen LogP contribution in [-0.4, -0.2) is 45.1 Å². The number of nitrogen functional groups attached to an aromatic ring is 1. The summed E-state index contributed by atoms with van der Waals surface area (Å²) in [6.45, 7) is 0.0741. The molecule has 1 fully saturated rings. The molecule has 1 aromatic carbocycles. The van der Waals surface area contributed by atoms with Crippen molar-refractivity contribution in [3.05, 3.63) is 70.5 Å². The van der Waals surface area contributed by atoms with Crippen LogP contribution in [0, 0.1) is 0 Å². The van der Waals surface area contributed by atoms with Gasteiger partial charge in [-0.3, -0.25) is 19.4 Å². The van der Waals surface area contributed by atoms with Crippen LogP contribution < -0.4 is 21.5 Å². The zero-order valence-electron chi connectivity index (χ0n) is 19.8. The van der Waals surface area contributed by atoms with E-state index < -0.39 is 17.9 Å². The van der Waals surface area contributed by atoms with E-state index in [2.05, 4.69) is 14.7 Å². The third-order valence-corrected chi connectivity index (χ3v) is 7.04. The molecule has 188 valence electrons. The van der Waals surface area contributed by atoms with Crippen molar-refractivity contribution in [2.45, 2.75) is 44.3 Å². The van der Waals surface area contributed by atoms with E-state index in [1.165, 1.54) is 4.90 Å². The quantitative estimate of drug-likeness (QED) is 0.401. The van der Waals surface area contributed by atoms with E-state index in [9.17, 15) is 14.4 Å². The lowest BCUT2D eigenvalue weighted by Crippen LogP contribution is -2.45. The third-order valence-electron chi connectivity index (χ3n) is 6.19. The fourth-order valence-electron chi connectivity index (χ4n) is 4.34. The molecule has 0 unspecified atom stereocenters. The largest absolute Gasteiger partial charge is 0.497 e. The second-order valence-electron chi connectivity index (χ2n) is 8.60. The summed E-state index contributed by atoms with van der Waals surface area (Å²) in [5.74, 6) is -1.05. The number of benzene rings is 1. The lowest BCUT2D eigenvalue weighted by Gasteiger charge is -2.32. The molecule has 2 aromatic heterocycles. The molecule has 1 aliphatic carbocycles. The summed E-state index contributed by atoms with van der Waals surface area (Å²) in [6, 6.07) is 9.63. The van der Waals surface area contributed by atoms with Crippen LogP contribution >= 0.6 is 11.5 Å². The van der Waals surface area contributed by atoms with Crippen LogP contribution in [0.2, 0.25) is 0 Å². The van der Waals surface area contributed by atoms with E-state index in [1.54, 1.807) is 49.8 Å². The van der Waals surface area contributed by atoms with Crippen molar-refractivity contribution >= 4 is 34.9 Å². The van der Waals surface area contributed by atoms with E-state index in [4.69, 9.17) is 16.2 Å². The van der Waals surface area contributed by atoms with Gasteiger partial charge >= 0.3 is 0 Å². The summed E-state index contributed by atoms with van der Waals surface area (Å²) < 4.78 is 9.25. The highest BCUT2D eigenvalue weighted by Gasteiger charge is 2.36. The molecule has 1 aliphatic rings. The molecule has 1 atom stereocenters. The number of methoxy groups -OCH3 is 1. The first kappa shape index (κ1) is 25.1. The number of amides is 3. The zero-order chi connectivity index (χ0) is 25.7.